The van der Waals surface area contributed by atoms with Gasteiger partial charge < -0.3 is 9.47 Å². The van der Waals surface area contributed by atoms with Crippen LogP contribution in [-0.4, -0.2) is 25.4 Å². The quantitative estimate of drug-likeness (QED) is 0.408. The van der Waals surface area contributed by atoms with Gasteiger partial charge in [-0.1, -0.05) is 12.1 Å². The van der Waals surface area contributed by atoms with Crippen molar-refractivity contribution in [3.63, 3.8) is 0 Å². The topological polar surface area (TPSA) is 86.0 Å². The smallest absolute Gasteiger partial charge is 0.269 e. The number of hydrogen-bond acceptors (Lipinski definition) is 6. The molecule has 7 nitrogen and oxygen atoms in total. The van der Waals surface area contributed by atoms with E-state index in [9.17, 15) is 10.1 Å². The third-order valence-corrected chi connectivity index (χ3v) is 3.92. The monoisotopic (exact) mass is 351 g/mol. The molecule has 0 aliphatic rings. The van der Waals surface area contributed by atoms with Crippen LogP contribution in [0.25, 0.3) is 10.8 Å². The molecule has 132 valence electrons. The first-order valence-corrected chi connectivity index (χ1v) is 7.80. The van der Waals surface area contributed by atoms with Gasteiger partial charge in [0.05, 0.1) is 31.0 Å². The number of fused-ring (bicyclic) bond motifs is 1. The Morgan fingerprint density at radius 2 is 1.77 bits per heavy atom. The van der Waals surface area contributed by atoms with Crippen molar-refractivity contribution in [1.29, 1.82) is 0 Å². The molecule has 3 rings (SSSR count). The number of ether oxygens (including phenoxy) is 2. The number of nitrogens with zero attached hydrogens (tertiary/aromatic N) is 2. The van der Waals surface area contributed by atoms with Crippen LogP contribution in [0.2, 0.25) is 0 Å². The molecule has 0 bridgehead atoms. The lowest BCUT2D eigenvalue weighted by Crippen LogP contribution is -1.96. The second-order valence-corrected chi connectivity index (χ2v) is 5.44. The molecule has 0 aliphatic heterocycles. The van der Waals surface area contributed by atoms with Crippen molar-refractivity contribution in [3.8, 4) is 11.5 Å². The van der Waals surface area contributed by atoms with Gasteiger partial charge in [-0.15, -0.1) is 0 Å². The van der Waals surface area contributed by atoms with Gasteiger partial charge in [0.1, 0.15) is 11.5 Å². The van der Waals surface area contributed by atoms with Gasteiger partial charge in [-0.25, -0.2) is 0 Å². The number of nitro benzene ring substituents is 1. The molecule has 0 saturated carbocycles. The summed E-state index contributed by atoms with van der Waals surface area (Å²) >= 11 is 0. The van der Waals surface area contributed by atoms with Gasteiger partial charge in [-0.05, 0) is 41.1 Å². The summed E-state index contributed by atoms with van der Waals surface area (Å²) in [5, 5.41) is 16.9. The molecule has 3 aromatic carbocycles. The van der Waals surface area contributed by atoms with E-state index in [2.05, 4.69) is 10.5 Å². The molecule has 26 heavy (non-hydrogen) atoms. The van der Waals surface area contributed by atoms with Crippen LogP contribution >= 0.6 is 0 Å². The van der Waals surface area contributed by atoms with E-state index in [0.717, 1.165) is 22.1 Å². The third-order valence-electron chi connectivity index (χ3n) is 3.92. The molecular formula is C19H17N3O4. The fourth-order valence-corrected chi connectivity index (χ4v) is 2.57. The predicted molar refractivity (Wildman–Crippen MR) is 101 cm³/mol. The highest BCUT2D eigenvalue weighted by molar-refractivity contribution is 6.03. The van der Waals surface area contributed by atoms with Crippen molar-refractivity contribution < 1.29 is 14.4 Å². The molecule has 0 fully saturated rings. The second-order valence-electron chi connectivity index (χ2n) is 5.44. The lowest BCUT2D eigenvalue weighted by molar-refractivity contribution is -0.384. The maximum Gasteiger partial charge on any atom is 0.269 e. The van der Waals surface area contributed by atoms with Gasteiger partial charge in [0, 0.05) is 17.7 Å². The van der Waals surface area contributed by atoms with Crippen molar-refractivity contribution >= 4 is 28.4 Å². The second kappa shape index (κ2) is 7.52. The summed E-state index contributed by atoms with van der Waals surface area (Å²) in [4.78, 5) is 10.2. The van der Waals surface area contributed by atoms with Crippen molar-refractivity contribution in [3.05, 3.63) is 70.3 Å². The number of methoxy groups -OCH3 is 2. The van der Waals surface area contributed by atoms with Crippen LogP contribution in [0.15, 0.2) is 59.7 Å². The summed E-state index contributed by atoms with van der Waals surface area (Å²) in [5.41, 5.74) is 4.34. The minimum Gasteiger partial charge on any atom is -0.497 e. The van der Waals surface area contributed by atoms with Crippen LogP contribution in [0.4, 0.5) is 11.4 Å². The Labute approximate surface area is 150 Å². The molecule has 0 aliphatic carbocycles. The summed E-state index contributed by atoms with van der Waals surface area (Å²) in [6.07, 6.45) is 1.65. The van der Waals surface area contributed by atoms with Crippen LogP contribution in [0.1, 0.15) is 5.56 Å². The lowest BCUT2D eigenvalue weighted by Gasteiger charge is -2.10. The fourth-order valence-electron chi connectivity index (χ4n) is 2.57. The van der Waals surface area contributed by atoms with Gasteiger partial charge in [0.2, 0.25) is 0 Å². The highest BCUT2D eigenvalue weighted by atomic mass is 16.6. The highest BCUT2D eigenvalue weighted by Crippen LogP contribution is 2.29. The van der Waals surface area contributed by atoms with E-state index in [-0.39, 0.29) is 5.69 Å². The molecular weight excluding hydrogens is 334 g/mol. The Morgan fingerprint density at radius 3 is 2.42 bits per heavy atom. The molecule has 0 saturated heterocycles. The number of nitrogens with one attached hydrogen (secondary N) is 1. The summed E-state index contributed by atoms with van der Waals surface area (Å²) in [5.74, 6) is 1.42. The minimum absolute atomic E-state index is 0.0300. The SMILES string of the molecule is COc1ccc2ccc(OC)c(/C=N/Nc3ccc([N+](=O)[O-])cc3)c2c1. The molecule has 0 atom stereocenters. The van der Waals surface area contributed by atoms with Crippen molar-refractivity contribution in [2.45, 2.75) is 0 Å². The first-order valence-electron chi connectivity index (χ1n) is 7.80. The van der Waals surface area contributed by atoms with E-state index >= 15 is 0 Å². The average molecular weight is 351 g/mol. The number of nitro groups is 1. The van der Waals surface area contributed by atoms with Gasteiger partial charge in [0.25, 0.3) is 5.69 Å². The Balaban J connectivity index is 1.91. The van der Waals surface area contributed by atoms with Gasteiger partial charge in [-0.2, -0.15) is 5.10 Å². The third kappa shape index (κ3) is 3.56. The van der Waals surface area contributed by atoms with Crippen LogP contribution in [0.5, 0.6) is 11.5 Å². The number of anilines is 1. The minimum atomic E-state index is -0.443. The highest BCUT2D eigenvalue weighted by Gasteiger charge is 2.08. The Morgan fingerprint density at radius 1 is 1.04 bits per heavy atom. The number of non-ortho nitro benzene ring substituents is 1. The first-order chi connectivity index (χ1) is 12.6. The molecule has 0 heterocycles. The Kier molecular flexibility index (Phi) is 4.98. The zero-order chi connectivity index (χ0) is 18.5. The van der Waals surface area contributed by atoms with E-state index in [1.807, 2.05) is 30.3 Å². The van der Waals surface area contributed by atoms with Crippen LogP contribution in [-0.2, 0) is 0 Å². The normalized spacial score (nSPS) is 10.8. The van der Waals surface area contributed by atoms with E-state index in [0.29, 0.717) is 11.4 Å². The van der Waals surface area contributed by atoms with Crippen molar-refractivity contribution in [1.82, 2.24) is 0 Å². The van der Waals surface area contributed by atoms with E-state index < -0.39 is 4.92 Å². The zero-order valence-electron chi connectivity index (χ0n) is 14.3. The summed E-state index contributed by atoms with van der Waals surface area (Å²) < 4.78 is 10.7. The Hall–Kier alpha value is -3.61. The summed E-state index contributed by atoms with van der Waals surface area (Å²) in [6, 6.07) is 15.7. The van der Waals surface area contributed by atoms with Crippen LogP contribution < -0.4 is 14.9 Å². The van der Waals surface area contributed by atoms with Crippen molar-refractivity contribution in [2.75, 3.05) is 19.6 Å². The standard InChI is InChI=1S/C19H17N3O4/c1-25-16-9-3-13-4-10-19(26-2)18(17(13)11-16)12-20-21-14-5-7-15(8-6-14)22(23)24/h3-12,21H,1-2H3/b20-12+. The summed E-state index contributed by atoms with van der Waals surface area (Å²) in [7, 11) is 3.22. The number of benzene rings is 3. The largest absolute Gasteiger partial charge is 0.497 e. The predicted octanol–water partition coefficient (Wildman–Crippen LogP) is 4.21. The molecule has 0 unspecified atom stereocenters. The molecule has 0 spiro atoms. The molecule has 0 radical (unpaired) electrons. The molecule has 0 amide bonds. The van der Waals surface area contributed by atoms with Gasteiger partial charge >= 0.3 is 0 Å². The number of hydrogen-bond donors (Lipinski definition) is 1. The summed E-state index contributed by atoms with van der Waals surface area (Å²) in [6.45, 7) is 0. The molecule has 0 aromatic heterocycles. The average Bonchev–Trinajstić information content (AvgIpc) is 2.68. The van der Waals surface area contributed by atoms with Gasteiger partial charge in [0.15, 0.2) is 0 Å². The van der Waals surface area contributed by atoms with Gasteiger partial charge in [-0.3, -0.25) is 15.5 Å². The van der Waals surface area contributed by atoms with Crippen LogP contribution in [0.3, 0.4) is 0 Å². The number of hydrazone groups is 1. The lowest BCUT2D eigenvalue weighted by atomic mass is 10.0. The molecule has 3 aromatic rings. The van der Waals surface area contributed by atoms with E-state index in [1.54, 1.807) is 32.6 Å². The number of rotatable bonds is 6. The van der Waals surface area contributed by atoms with E-state index in [1.165, 1.54) is 12.1 Å². The maximum absolute atomic E-state index is 10.7. The maximum atomic E-state index is 10.7. The fraction of sp³-hybridized carbons (Fsp3) is 0.105. The first kappa shape index (κ1) is 17.2. The molecule has 7 heteroatoms. The van der Waals surface area contributed by atoms with Crippen LogP contribution in [0, 0.1) is 10.1 Å². The van der Waals surface area contributed by atoms with E-state index in [4.69, 9.17) is 9.47 Å². The molecule has 1 N–H and O–H groups in total. The Bertz CT molecular complexity index is 963. The zero-order valence-corrected chi connectivity index (χ0v) is 14.3. The van der Waals surface area contributed by atoms with Crippen molar-refractivity contribution in [2.24, 2.45) is 5.10 Å².